The van der Waals surface area contributed by atoms with E-state index >= 15 is 0 Å². The van der Waals surface area contributed by atoms with Gasteiger partial charge < -0.3 is 4.74 Å². The van der Waals surface area contributed by atoms with Crippen molar-refractivity contribution in [2.24, 2.45) is 0 Å². The minimum Gasteiger partial charge on any atom is -0.405 e. The van der Waals surface area contributed by atoms with E-state index < -0.39 is 29.8 Å². The van der Waals surface area contributed by atoms with Crippen LogP contribution in [0.25, 0.3) is 0 Å². The number of hydrogen-bond acceptors (Lipinski definition) is 3. The van der Waals surface area contributed by atoms with E-state index in [2.05, 4.69) is 10.1 Å². The van der Waals surface area contributed by atoms with E-state index in [1.807, 2.05) is 0 Å². The van der Waals surface area contributed by atoms with Crippen LogP contribution in [0.4, 0.5) is 13.2 Å². The standard InChI is InChI=1S/C14H16F3NO3/c1-4-12(19)18-13(20)9(3)10-7-8(2)5-6-11(10)21-14(15,16)17/h5-7,9H,4H2,1-3H3,(H,18,19,20). The maximum absolute atomic E-state index is 12.4. The number of carbonyl (C=O) groups excluding carboxylic acids is 2. The van der Waals surface area contributed by atoms with Gasteiger partial charge >= 0.3 is 6.36 Å². The number of benzene rings is 1. The lowest BCUT2D eigenvalue weighted by atomic mass is 9.97. The van der Waals surface area contributed by atoms with Crippen LogP contribution in [0.1, 0.15) is 37.3 Å². The van der Waals surface area contributed by atoms with E-state index in [0.717, 1.165) is 6.07 Å². The average molecular weight is 303 g/mol. The summed E-state index contributed by atoms with van der Waals surface area (Å²) in [5.41, 5.74) is 0.759. The van der Waals surface area contributed by atoms with Crippen molar-refractivity contribution in [3.05, 3.63) is 29.3 Å². The van der Waals surface area contributed by atoms with Crippen LogP contribution in [0, 0.1) is 6.92 Å². The molecule has 1 rings (SSSR count). The number of alkyl halides is 3. The Labute approximate surface area is 120 Å². The van der Waals surface area contributed by atoms with Crippen LogP contribution >= 0.6 is 0 Å². The zero-order chi connectivity index (χ0) is 16.2. The topological polar surface area (TPSA) is 55.4 Å². The second-order valence-corrected chi connectivity index (χ2v) is 4.58. The summed E-state index contributed by atoms with van der Waals surface area (Å²) in [6.45, 7) is 4.66. The van der Waals surface area contributed by atoms with Crippen molar-refractivity contribution in [1.29, 1.82) is 0 Å². The fraction of sp³-hybridized carbons (Fsp3) is 0.429. The Bertz CT molecular complexity index is 541. The van der Waals surface area contributed by atoms with Crippen LogP contribution in [0.5, 0.6) is 5.75 Å². The molecule has 1 N–H and O–H groups in total. The van der Waals surface area contributed by atoms with Gasteiger partial charge in [-0.3, -0.25) is 14.9 Å². The van der Waals surface area contributed by atoms with Gasteiger partial charge in [-0.05, 0) is 19.9 Å². The summed E-state index contributed by atoms with van der Waals surface area (Å²) in [7, 11) is 0. The molecule has 116 valence electrons. The molecule has 1 aromatic carbocycles. The summed E-state index contributed by atoms with van der Waals surface area (Å²) in [4.78, 5) is 23.1. The van der Waals surface area contributed by atoms with Gasteiger partial charge in [0.2, 0.25) is 11.8 Å². The largest absolute Gasteiger partial charge is 0.573 e. The van der Waals surface area contributed by atoms with E-state index in [9.17, 15) is 22.8 Å². The number of halogens is 3. The first kappa shape index (κ1) is 17.0. The summed E-state index contributed by atoms with van der Waals surface area (Å²) >= 11 is 0. The molecule has 0 aliphatic carbocycles. The summed E-state index contributed by atoms with van der Waals surface area (Å²) in [5.74, 6) is -2.55. The number of nitrogens with one attached hydrogen (secondary N) is 1. The number of rotatable bonds is 4. The molecule has 0 aliphatic heterocycles. The first-order valence-electron chi connectivity index (χ1n) is 6.34. The smallest absolute Gasteiger partial charge is 0.405 e. The van der Waals surface area contributed by atoms with Gasteiger partial charge in [-0.25, -0.2) is 0 Å². The maximum atomic E-state index is 12.4. The highest BCUT2D eigenvalue weighted by molar-refractivity contribution is 5.98. The van der Waals surface area contributed by atoms with Crippen LogP contribution < -0.4 is 10.1 Å². The van der Waals surface area contributed by atoms with Crippen LogP contribution in [0.2, 0.25) is 0 Å². The predicted molar refractivity (Wildman–Crippen MR) is 69.7 cm³/mol. The number of hydrogen-bond donors (Lipinski definition) is 1. The lowest BCUT2D eigenvalue weighted by Crippen LogP contribution is -2.33. The zero-order valence-corrected chi connectivity index (χ0v) is 11.9. The van der Waals surface area contributed by atoms with E-state index in [1.165, 1.54) is 19.1 Å². The molecule has 0 spiro atoms. The normalized spacial score (nSPS) is 12.7. The van der Waals surface area contributed by atoms with Gasteiger partial charge in [0.25, 0.3) is 0 Å². The third-order valence-electron chi connectivity index (χ3n) is 2.83. The van der Waals surface area contributed by atoms with Crippen molar-refractivity contribution < 1.29 is 27.5 Å². The monoisotopic (exact) mass is 303 g/mol. The second kappa shape index (κ2) is 6.60. The molecule has 0 fully saturated rings. The van der Waals surface area contributed by atoms with E-state index in [0.29, 0.717) is 5.56 Å². The lowest BCUT2D eigenvalue weighted by Gasteiger charge is -2.18. The average Bonchev–Trinajstić information content (AvgIpc) is 2.38. The van der Waals surface area contributed by atoms with Gasteiger partial charge in [0.1, 0.15) is 5.75 Å². The van der Waals surface area contributed by atoms with Gasteiger partial charge in [-0.15, -0.1) is 13.2 Å². The fourth-order valence-electron chi connectivity index (χ4n) is 1.70. The number of carbonyl (C=O) groups is 2. The fourth-order valence-corrected chi connectivity index (χ4v) is 1.70. The Kier molecular flexibility index (Phi) is 5.34. The van der Waals surface area contributed by atoms with Crippen molar-refractivity contribution in [3.63, 3.8) is 0 Å². The van der Waals surface area contributed by atoms with Crippen molar-refractivity contribution >= 4 is 11.8 Å². The number of aryl methyl sites for hydroxylation is 1. The SMILES string of the molecule is CCC(=O)NC(=O)C(C)c1cc(C)ccc1OC(F)(F)F. The second-order valence-electron chi connectivity index (χ2n) is 4.58. The first-order valence-corrected chi connectivity index (χ1v) is 6.34. The number of amides is 2. The molecule has 0 aromatic heterocycles. The molecule has 0 saturated heterocycles. The van der Waals surface area contributed by atoms with E-state index in [1.54, 1.807) is 13.8 Å². The van der Waals surface area contributed by atoms with Crippen LogP contribution in [0.15, 0.2) is 18.2 Å². The Hall–Kier alpha value is -2.05. The minimum absolute atomic E-state index is 0.0775. The van der Waals surface area contributed by atoms with Crippen molar-refractivity contribution in [2.45, 2.75) is 39.5 Å². The lowest BCUT2D eigenvalue weighted by molar-refractivity contribution is -0.275. The molecule has 1 aromatic rings. The molecular formula is C14H16F3NO3. The van der Waals surface area contributed by atoms with Gasteiger partial charge in [0.15, 0.2) is 0 Å². The highest BCUT2D eigenvalue weighted by Crippen LogP contribution is 2.32. The summed E-state index contributed by atoms with van der Waals surface area (Å²) in [5, 5.41) is 2.12. The Morgan fingerprint density at radius 1 is 1.33 bits per heavy atom. The third kappa shape index (κ3) is 5.09. The summed E-state index contributed by atoms with van der Waals surface area (Å²) in [6.07, 6.45) is -4.74. The Morgan fingerprint density at radius 2 is 1.95 bits per heavy atom. The van der Waals surface area contributed by atoms with E-state index in [-0.39, 0.29) is 12.0 Å². The Balaban J connectivity index is 3.06. The maximum Gasteiger partial charge on any atom is 0.573 e. The molecule has 4 nitrogen and oxygen atoms in total. The van der Waals surface area contributed by atoms with Crippen LogP contribution in [0.3, 0.4) is 0 Å². The highest BCUT2D eigenvalue weighted by atomic mass is 19.4. The molecule has 0 bridgehead atoms. The van der Waals surface area contributed by atoms with Gasteiger partial charge in [0.05, 0.1) is 5.92 Å². The molecule has 0 aliphatic rings. The quantitative estimate of drug-likeness (QED) is 0.930. The van der Waals surface area contributed by atoms with Crippen LogP contribution in [-0.4, -0.2) is 18.2 Å². The third-order valence-corrected chi connectivity index (χ3v) is 2.83. The summed E-state index contributed by atoms with van der Waals surface area (Å²) in [6, 6.07) is 4.04. The van der Waals surface area contributed by atoms with Crippen molar-refractivity contribution in [1.82, 2.24) is 5.32 Å². The van der Waals surface area contributed by atoms with Crippen LogP contribution in [-0.2, 0) is 9.59 Å². The Morgan fingerprint density at radius 3 is 2.48 bits per heavy atom. The van der Waals surface area contributed by atoms with Crippen molar-refractivity contribution in [2.75, 3.05) is 0 Å². The molecular weight excluding hydrogens is 287 g/mol. The predicted octanol–water partition coefficient (Wildman–Crippen LogP) is 3.05. The molecule has 7 heteroatoms. The van der Waals surface area contributed by atoms with Gasteiger partial charge in [0, 0.05) is 12.0 Å². The molecule has 0 radical (unpaired) electrons. The molecule has 0 saturated carbocycles. The molecule has 1 unspecified atom stereocenters. The van der Waals surface area contributed by atoms with Crippen molar-refractivity contribution in [3.8, 4) is 5.75 Å². The molecule has 2 amide bonds. The van der Waals surface area contributed by atoms with Gasteiger partial charge in [-0.2, -0.15) is 0 Å². The van der Waals surface area contributed by atoms with Gasteiger partial charge in [-0.1, -0.05) is 24.6 Å². The number of ether oxygens (including phenoxy) is 1. The minimum atomic E-state index is -4.85. The number of imide groups is 1. The highest BCUT2D eigenvalue weighted by Gasteiger charge is 2.33. The molecule has 21 heavy (non-hydrogen) atoms. The first-order chi connectivity index (χ1) is 9.64. The zero-order valence-electron chi connectivity index (χ0n) is 11.9. The summed E-state index contributed by atoms with van der Waals surface area (Å²) < 4.78 is 41.0. The molecule has 1 atom stereocenters. The molecule has 0 heterocycles. The van der Waals surface area contributed by atoms with E-state index in [4.69, 9.17) is 0 Å².